The molecule has 3 rings (SSSR count). The monoisotopic (exact) mass is 340 g/mol. The quantitative estimate of drug-likeness (QED) is 0.785. The average Bonchev–Trinajstić information content (AvgIpc) is 3.09. The Labute approximate surface area is 129 Å². The Morgan fingerprint density at radius 1 is 1.10 bits per heavy atom. The molecule has 0 amide bonds. The summed E-state index contributed by atoms with van der Waals surface area (Å²) >= 11 is 2.67. The van der Waals surface area contributed by atoms with Gasteiger partial charge in [-0.2, -0.15) is 0 Å². The summed E-state index contributed by atoms with van der Waals surface area (Å²) < 4.78 is 40.2. The molecule has 0 aliphatic rings. The molecule has 0 bridgehead atoms. The highest BCUT2D eigenvalue weighted by molar-refractivity contribution is 7.93. The summed E-state index contributed by atoms with van der Waals surface area (Å²) in [5, 5.41) is 3.88. The van der Waals surface area contributed by atoms with Crippen molar-refractivity contribution in [3.05, 3.63) is 53.0 Å². The maximum Gasteiger partial charge on any atom is 0.266 e. The fourth-order valence-electron chi connectivity index (χ4n) is 1.69. The lowest BCUT2D eigenvalue weighted by Gasteiger charge is -2.05. The van der Waals surface area contributed by atoms with Gasteiger partial charge < -0.3 is 0 Å². The van der Waals surface area contributed by atoms with E-state index in [0.29, 0.717) is 5.69 Å². The standard InChI is InChI=1S/C13H9FN2O2S3/c14-9-4-1-2-6-12(9)21(17,18)16-13-15-10(8-20-13)11-5-3-7-19-11/h1-8H,(H,15,16). The first-order valence-electron chi connectivity index (χ1n) is 5.83. The van der Waals surface area contributed by atoms with Crippen molar-refractivity contribution in [1.82, 2.24) is 4.98 Å². The van der Waals surface area contributed by atoms with E-state index in [4.69, 9.17) is 0 Å². The highest BCUT2D eigenvalue weighted by Crippen LogP contribution is 2.29. The molecule has 0 radical (unpaired) electrons. The molecule has 0 unspecified atom stereocenters. The summed E-state index contributed by atoms with van der Waals surface area (Å²) in [7, 11) is -3.97. The highest BCUT2D eigenvalue weighted by Gasteiger charge is 2.20. The summed E-state index contributed by atoms with van der Waals surface area (Å²) in [6, 6.07) is 9.01. The summed E-state index contributed by atoms with van der Waals surface area (Å²) in [4.78, 5) is 4.77. The summed E-state index contributed by atoms with van der Waals surface area (Å²) in [5.74, 6) is -0.792. The van der Waals surface area contributed by atoms with E-state index in [1.807, 2.05) is 17.5 Å². The summed E-state index contributed by atoms with van der Waals surface area (Å²) in [6.45, 7) is 0. The lowest BCUT2D eigenvalue weighted by molar-refractivity contribution is 0.570. The van der Waals surface area contributed by atoms with Gasteiger partial charge in [0.15, 0.2) is 5.13 Å². The maximum atomic E-state index is 13.6. The van der Waals surface area contributed by atoms with Gasteiger partial charge in [0.1, 0.15) is 10.7 Å². The minimum Gasteiger partial charge on any atom is -0.255 e. The number of thiophene rings is 1. The lowest BCUT2D eigenvalue weighted by atomic mass is 10.4. The number of thiazole rings is 1. The van der Waals surface area contributed by atoms with Gasteiger partial charge in [0, 0.05) is 5.38 Å². The molecule has 0 saturated heterocycles. The van der Waals surface area contributed by atoms with Crippen LogP contribution in [0, 0.1) is 5.82 Å². The highest BCUT2D eigenvalue weighted by atomic mass is 32.2. The van der Waals surface area contributed by atoms with Gasteiger partial charge in [-0.15, -0.1) is 22.7 Å². The topological polar surface area (TPSA) is 59.1 Å². The normalized spacial score (nSPS) is 11.5. The van der Waals surface area contributed by atoms with Gasteiger partial charge in [-0.1, -0.05) is 18.2 Å². The van der Waals surface area contributed by atoms with Crippen molar-refractivity contribution in [3.63, 3.8) is 0 Å². The molecule has 3 aromatic rings. The number of nitrogens with one attached hydrogen (secondary N) is 1. The Kier molecular flexibility index (Phi) is 3.75. The van der Waals surface area contributed by atoms with Gasteiger partial charge in [0.25, 0.3) is 10.0 Å². The van der Waals surface area contributed by atoms with Crippen LogP contribution in [0.3, 0.4) is 0 Å². The van der Waals surface area contributed by atoms with E-state index in [1.54, 1.807) is 5.38 Å². The van der Waals surface area contributed by atoms with E-state index in [-0.39, 0.29) is 5.13 Å². The lowest BCUT2D eigenvalue weighted by Crippen LogP contribution is -2.14. The average molecular weight is 340 g/mol. The van der Waals surface area contributed by atoms with Crippen LogP contribution in [0.5, 0.6) is 0 Å². The third kappa shape index (κ3) is 2.97. The molecule has 0 spiro atoms. The largest absolute Gasteiger partial charge is 0.266 e. The van der Waals surface area contributed by atoms with Gasteiger partial charge in [-0.25, -0.2) is 17.8 Å². The first-order valence-corrected chi connectivity index (χ1v) is 9.07. The fraction of sp³-hybridized carbons (Fsp3) is 0. The number of rotatable bonds is 4. The predicted molar refractivity (Wildman–Crippen MR) is 82.6 cm³/mol. The molecule has 0 atom stereocenters. The van der Waals surface area contributed by atoms with Crippen molar-refractivity contribution in [2.75, 3.05) is 4.72 Å². The minimum atomic E-state index is -3.97. The molecular formula is C13H9FN2O2S3. The molecule has 108 valence electrons. The van der Waals surface area contributed by atoms with Gasteiger partial charge >= 0.3 is 0 Å². The molecule has 0 saturated carbocycles. The van der Waals surface area contributed by atoms with E-state index >= 15 is 0 Å². The zero-order valence-corrected chi connectivity index (χ0v) is 12.9. The number of anilines is 1. The van der Waals surface area contributed by atoms with E-state index in [9.17, 15) is 12.8 Å². The second-order valence-electron chi connectivity index (χ2n) is 4.05. The SMILES string of the molecule is O=S(=O)(Nc1nc(-c2cccs2)cs1)c1ccccc1F. The third-order valence-corrected chi connectivity index (χ3v) is 5.78. The number of nitrogens with zero attached hydrogens (tertiary/aromatic N) is 1. The Morgan fingerprint density at radius 3 is 2.62 bits per heavy atom. The summed E-state index contributed by atoms with van der Waals surface area (Å²) in [6.07, 6.45) is 0. The van der Waals surface area contributed by atoms with Crippen LogP contribution in [0.2, 0.25) is 0 Å². The molecule has 21 heavy (non-hydrogen) atoms. The second-order valence-corrected chi connectivity index (χ2v) is 7.51. The van der Waals surface area contributed by atoms with Crippen LogP contribution in [-0.2, 0) is 10.0 Å². The molecular weight excluding hydrogens is 331 g/mol. The number of sulfonamides is 1. The first kappa shape index (κ1) is 14.2. The molecule has 2 aromatic heterocycles. The van der Waals surface area contributed by atoms with Crippen LogP contribution in [0.25, 0.3) is 10.6 Å². The van der Waals surface area contributed by atoms with E-state index in [2.05, 4.69) is 9.71 Å². The smallest absolute Gasteiger partial charge is 0.255 e. The molecule has 2 heterocycles. The van der Waals surface area contributed by atoms with Gasteiger partial charge in [0.2, 0.25) is 0 Å². The van der Waals surface area contributed by atoms with E-state index in [1.165, 1.54) is 29.5 Å². The van der Waals surface area contributed by atoms with E-state index < -0.39 is 20.7 Å². The van der Waals surface area contributed by atoms with Crippen molar-refractivity contribution in [2.24, 2.45) is 0 Å². The Morgan fingerprint density at radius 2 is 1.90 bits per heavy atom. The van der Waals surface area contributed by atoms with Crippen LogP contribution >= 0.6 is 22.7 Å². The number of hydrogen-bond donors (Lipinski definition) is 1. The van der Waals surface area contributed by atoms with Crippen molar-refractivity contribution in [3.8, 4) is 10.6 Å². The number of halogens is 1. The molecule has 0 aliphatic carbocycles. The Bertz CT molecular complexity index is 857. The van der Waals surface area contributed by atoms with Crippen molar-refractivity contribution >= 4 is 37.8 Å². The summed E-state index contributed by atoms with van der Waals surface area (Å²) in [5.41, 5.74) is 0.696. The van der Waals surface area contributed by atoms with Crippen LogP contribution in [0.15, 0.2) is 52.1 Å². The van der Waals surface area contributed by atoms with Crippen molar-refractivity contribution in [2.45, 2.75) is 4.90 Å². The molecule has 4 nitrogen and oxygen atoms in total. The van der Waals surface area contributed by atoms with Crippen molar-refractivity contribution < 1.29 is 12.8 Å². The van der Waals surface area contributed by atoms with E-state index in [0.717, 1.165) is 22.3 Å². The van der Waals surface area contributed by atoms with Gasteiger partial charge in [0.05, 0.1) is 10.6 Å². The molecule has 0 fully saturated rings. The molecule has 1 N–H and O–H groups in total. The van der Waals surface area contributed by atoms with Gasteiger partial charge in [-0.3, -0.25) is 4.72 Å². The third-order valence-electron chi connectivity index (χ3n) is 2.63. The van der Waals surface area contributed by atoms with Crippen molar-refractivity contribution in [1.29, 1.82) is 0 Å². The number of aromatic nitrogens is 1. The zero-order valence-electron chi connectivity index (χ0n) is 10.5. The van der Waals surface area contributed by atoms with Crippen LogP contribution in [-0.4, -0.2) is 13.4 Å². The van der Waals surface area contributed by atoms with Crippen LogP contribution < -0.4 is 4.72 Å². The number of benzene rings is 1. The second kappa shape index (κ2) is 5.55. The van der Waals surface area contributed by atoms with Gasteiger partial charge in [-0.05, 0) is 23.6 Å². The Balaban J connectivity index is 1.88. The molecule has 1 aromatic carbocycles. The minimum absolute atomic E-state index is 0.210. The molecule has 8 heteroatoms. The van der Waals surface area contributed by atoms with Crippen LogP contribution in [0.1, 0.15) is 0 Å². The van der Waals surface area contributed by atoms with Crippen LogP contribution in [0.4, 0.5) is 9.52 Å². The first-order chi connectivity index (χ1) is 10.1. The Hall–Kier alpha value is -1.77. The number of hydrogen-bond acceptors (Lipinski definition) is 5. The molecule has 0 aliphatic heterocycles. The maximum absolute atomic E-state index is 13.6. The fourth-order valence-corrected chi connectivity index (χ4v) is 4.50. The zero-order chi connectivity index (χ0) is 14.9. The predicted octanol–water partition coefficient (Wildman–Crippen LogP) is 3.81.